The molecule has 1 unspecified atom stereocenters. The van der Waals surface area contributed by atoms with E-state index in [2.05, 4.69) is 130 Å². The number of carbonyl (C=O) groups is 3. The number of esters is 3. The van der Waals surface area contributed by atoms with Crippen LogP contribution in [0.25, 0.3) is 0 Å². The molecule has 0 aliphatic carbocycles. The normalized spacial score (nSPS) is 12.9. The Bertz CT molecular complexity index is 1390. The van der Waals surface area contributed by atoms with Crippen LogP contribution in [0.15, 0.2) is 109 Å². The number of allylic oxidation sites excluding steroid dienone is 18. The van der Waals surface area contributed by atoms with Crippen LogP contribution in [0.3, 0.4) is 0 Å². The molecule has 6 nitrogen and oxygen atoms in total. The third-order valence-corrected chi connectivity index (χ3v) is 11.3. The van der Waals surface area contributed by atoms with Crippen LogP contribution in [-0.4, -0.2) is 37.2 Å². The van der Waals surface area contributed by atoms with Gasteiger partial charge in [-0.25, -0.2) is 0 Å². The minimum Gasteiger partial charge on any atom is -0.462 e. The Morgan fingerprint density at radius 1 is 0.313 bits per heavy atom. The van der Waals surface area contributed by atoms with Crippen molar-refractivity contribution in [3.05, 3.63) is 109 Å². The van der Waals surface area contributed by atoms with Crippen molar-refractivity contribution in [1.29, 1.82) is 0 Å². The topological polar surface area (TPSA) is 78.9 Å². The van der Waals surface area contributed by atoms with Gasteiger partial charge in [-0.2, -0.15) is 0 Å². The first-order valence-electron chi connectivity index (χ1n) is 27.4. The molecule has 380 valence electrons. The average molecular weight is 929 g/mol. The molecule has 67 heavy (non-hydrogen) atoms. The van der Waals surface area contributed by atoms with Crippen LogP contribution in [0.5, 0.6) is 0 Å². The van der Waals surface area contributed by atoms with E-state index in [9.17, 15) is 14.4 Å². The second-order valence-corrected chi connectivity index (χ2v) is 17.8. The summed E-state index contributed by atoms with van der Waals surface area (Å²) < 4.78 is 16.7. The summed E-state index contributed by atoms with van der Waals surface area (Å²) in [6.45, 7) is 6.41. The molecule has 0 aromatic heterocycles. The molecule has 0 rings (SSSR count). The second kappa shape index (κ2) is 54.7. The molecule has 0 saturated heterocycles. The van der Waals surface area contributed by atoms with Crippen LogP contribution in [0, 0.1) is 0 Å². The van der Waals surface area contributed by atoms with Gasteiger partial charge in [0.05, 0.1) is 0 Å². The molecule has 0 N–H and O–H groups in total. The number of hydrogen-bond acceptors (Lipinski definition) is 6. The lowest BCUT2D eigenvalue weighted by molar-refractivity contribution is -0.167. The molecule has 0 amide bonds. The highest BCUT2D eigenvalue weighted by Gasteiger charge is 2.19. The quantitative estimate of drug-likeness (QED) is 0.0262. The molecule has 0 saturated carbocycles. The molecule has 1 atom stereocenters. The molecule has 0 aromatic rings. The van der Waals surface area contributed by atoms with E-state index in [1.54, 1.807) is 0 Å². The first-order valence-corrected chi connectivity index (χ1v) is 27.4. The van der Waals surface area contributed by atoms with E-state index in [0.717, 1.165) is 122 Å². The van der Waals surface area contributed by atoms with Crippen molar-refractivity contribution in [1.82, 2.24) is 0 Å². The number of carbonyl (C=O) groups excluding carboxylic acids is 3. The smallest absolute Gasteiger partial charge is 0.306 e. The van der Waals surface area contributed by atoms with Gasteiger partial charge >= 0.3 is 17.9 Å². The standard InChI is InChI=1S/C61H100O6/c1-4-7-10-13-16-18-20-22-24-26-27-28-29-30-31-32-33-35-36-38-40-42-45-48-51-54-60(63)66-57-58(56-65-59(62)53-50-47-44-15-12-9-6-3)67-61(64)55-52-49-46-43-41-39-37-34-25-23-21-19-17-14-11-8-5-2/h7,10,16-19,22-25,27-28,30-31,33,35,38,40,58H,4-6,8-9,11-15,20-21,26,29,32,34,36-37,39,41-57H2,1-3H3/b10-7-,18-16-,19-17-,24-22-,25-23-,28-27-,31-30-,35-33-,40-38-. The van der Waals surface area contributed by atoms with E-state index < -0.39 is 6.10 Å². The Morgan fingerprint density at radius 3 is 0.955 bits per heavy atom. The first-order chi connectivity index (χ1) is 33.0. The molecule has 0 bridgehead atoms. The van der Waals surface area contributed by atoms with Gasteiger partial charge in [0.15, 0.2) is 6.10 Å². The predicted octanol–water partition coefficient (Wildman–Crippen LogP) is 18.3. The van der Waals surface area contributed by atoms with Gasteiger partial charge in [-0.3, -0.25) is 14.4 Å². The van der Waals surface area contributed by atoms with Crippen LogP contribution in [0.1, 0.15) is 239 Å². The fraction of sp³-hybridized carbons (Fsp3) is 0.656. The fourth-order valence-electron chi connectivity index (χ4n) is 7.16. The summed E-state index contributed by atoms with van der Waals surface area (Å²) in [5.41, 5.74) is 0. The zero-order chi connectivity index (χ0) is 48.6. The second-order valence-electron chi connectivity index (χ2n) is 17.8. The highest BCUT2D eigenvalue weighted by molar-refractivity contribution is 5.71. The molecular weight excluding hydrogens is 829 g/mol. The van der Waals surface area contributed by atoms with E-state index in [1.165, 1.54) is 77.0 Å². The first kappa shape index (κ1) is 63.1. The number of unbranched alkanes of at least 4 members (excludes halogenated alkanes) is 19. The van der Waals surface area contributed by atoms with E-state index in [4.69, 9.17) is 14.2 Å². The van der Waals surface area contributed by atoms with E-state index in [1.807, 2.05) is 0 Å². The third-order valence-electron chi connectivity index (χ3n) is 11.3. The molecule has 0 aromatic carbocycles. The van der Waals surface area contributed by atoms with Crippen LogP contribution < -0.4 is 0 Å². The summed E-state index contributed by atoms with van der Waals surface area (Å²) in [6.07, 6.45) is 73.8. The lowest BCUT2D eigenvalue weighted by Crippen LogP contribution is -2.30. The predicted molar refractivity (Wildman–Crippen MR) is 288 cm³/mol. The zero-order valence-electron chi connectivity index (χ0n) is 43.4. The van der Waals surface area contributed by atoms with Crippen molar-refractivity contribution in [2.75, 3.05) is 13.2 Å². The van der Waals surface area contributed by atoms with Gasteiger partial charge in [-0.1, -0.05) is 220 Å². The SMILES string of the molecule is CC/C=C\C/C=C\C/C=C\C/C=C\C/C=C\C/C=C\C/C=C\CCCCCC(=O)OCC(COC(=O)CCCCCCCCC)OC(=O)CCCCCCCCC/C=C\C/C=C\CCCCC. The van der Waals surface area contributed by atoms with Gasteiger partial charge in [0.1, 0.15) is 13.2 Å². The van der Waals surface area contributed by atoms with Crippen molar-refractivity contribution in [2.45, 2.75) is 245 Å². The average Bonchev–Trinajstić information content (AvgIpc) is 3.33. The Kier molecular flexibility index (Phi) is 51.5. The Morgan fingerprint density at radius 2 is 0.582 bits per heavy atom. The van der Waals surface area contributed by atoms with Crippen molar-refractivity contribution >= 4 is 17.9 Å². The Hall–Kier alpha value is -3.93. The summed E-state index contributed by atoms with van der Waals surface area (Å²) in [6, 6.07) is 0. The largest absolute Gasteiger partial charge is 0.462 e. The van der Waals surface area contributed by atoms with Crippen LogP contribution in [-0.2, 0) is 28.6 Å². The van der Waals surface area contributed by atoms with Gasteiger partial charge in [-0.05, 0) is 109 Å². The van der Waals surface area contributed by atoms with Crippen LogP contribution in [0.2, 0.25) is 0 Å². The highest BCUT2D eigenvalue weighted by atomic mass is 16.6. The molecular formula is C61H100O6. The van der Waals surface area contributed by atoms with Crippen molar-refractivity contribution < 1.29 is 28.6 Å². The third kappa shape index (κ3) is 52.9. The maximum atomic E-state index is 12.8. The van der Waals surface area contributed by atoms with Gasteiger partial charge < -0.3 is 14.2 Å². The summed E-state index contributed by atoms with van der Waals surface area (Å²) >= 11 is 0. The highest BCUT2D eigenvalue weighted by Crippen LogP contribution is 2.13. The molecule has 0 aliphatic rings. The van der Waals surface area contributed by atoms with Crippen LogP contribution >= 0.6 is 0 Å². The number of ether oxygens (including phenoxy) is 3. The van der Waals surface area contributed by atoms with Gasteiger partial charge in [-0.15, -0.1) is 0 Å². The summed E-state index contributed by atoms with van der Waals surface area (Å²) in [5, 5.41) is 0. The van der Waals surface area contributed by atoms with Gasteiger partial charge in [0.2, 0.25) is 0 Å². The molecule has 6 heteroatoms. The maximum Gasteiger partial charge on any atom is 0.306 e. The molecule has 0 fully saturated rings. The lowest BCUT2D eigenvalue weighted by Gasteiger charge is -2.18. The minimum absolute atomic E-state index is 0.0931. The summed E-state index contributed by atoms with van der Waals surface area (Å²) in [7, 11) is 0. The van der Waals surface area contributed by atoms with Crippen LogP contribution in [0.4, 0.5) is 0 Å². The van der Waals surface area contributed by atoms with Gasteiger partial charge in [0.25, 0.3) is 0 Å². The maximum absolute atomic E-state index is 12.8. The summed E-state index contributed by atoms with van der Waals surface area (Å²) in [4.78, 5) is 37.9. The molecule has 0 radical (unpaired) electrons. The zero-order valence-corrected chi connectivity index (χ0v) is 43.4. The number of hydrogen-bond donors (Lipinski definition) is 0. The Labute approximate surface area is 412 Å². The number of rotatable bonds is 48. The molecule has 0 heterocycles. The van der Waals surface area contributed by atoms with Crippen molar-refractivity contribution in [3.63, 3.8) is 0 Å². The monoisotopic (exact) mass is 929 g/mol. The van der Waals surface area contributed by atoms with Gasteiger partial charge in [0, 0.05) is 19.3 Å². The van der Waals surface area contributed by atoms with Crippen molar-refractivity contribution in [3.8, 4) is 0 Å². The van der Waals surface area contributed by atoms with Crippen molar-refractivity contribution in [2.24, 2.45) is 0 Å². The lowest BCUT2D eigenvalue weighted by atomic mass is 10.1. The van der Waals surface area contributed by atoms with E-state index in [0.29, 0.717) is 19.3 Å². The Balaban J connectivity index is 4.32. The van der Waals surface area contributed by atoms with E-state index in [-0.39, 0.29) is 31.1 Å². The molecule has 0 aliphatic heterocycles. The minimum atomic E-state index is -0.795. The van der Waals surface area contributed by atoms with E-state index >= 15 is 0 Å². The molecule has 0 spiro atoms. The fourth-order valence-corrected chi connectivity index (χ4v) is 7.16. The summed E-state index contributed by atoms with van der Waals surface area (Å²) in [5.74, 6) is -0.945.